The van der Waals surface area contributed by atoms with E-state index in [1.807, 2.05) is 16.8 Å². The highest BCUT2D eigenvalue weighted by Crippen LogP contribution is 2.33. The van der Waals surface area contributed by atoms with Crippen molar-refractivity contribution in [3.05, 3.63) is 40.6 Å². The maximum Gasteiger partial charge on any atom is 0.225 e. The molecule has 1 fully saturated rings. The van der Waals surface area contributed by atoms with E-state index in [0.717, 1.165) is 28.9 Å². The van der Waals surface area contributed by atoms with Crippen LogP contribution in [0.4, 0.5) is 5.82 Å². The summed E-state index contributed by atoms with van der Waals surface area (Å²) in [5.41, 5.74) is 5.08. The lowest BCUT2D eigenvalue weighted by atomic mass is 10.0. The van der Waals surface area contributed by atoms with E-state index in [0.29, 0.717) is 29.7 Å². The molecular formula is C21H27N3O2S. The van der Waals surface area contributed by atoms with E-state index in [1.54, 1.807) is 0 Å². The molecule has 2 aromatic rings. The fourth-order valence-electron chi connectivity index (χ4n) is 4.22. The Morgan fingerprint density at radius 1 is 1.26 bits per heavy atom. The minimum Gasteiger partial charge on any atom is -0.310 e. The molecule has 0 spiro atoms. The molecule has 1 aliphatic heterocycles. The van der Waals surface area contributed by atoms with Gasteiger partial charge in [-0.1, -0.05) is 37.8 Å². The number of fused-ring (bicyclic) bond motifs is 1. The summed E-state index contributed by atoms with van der Waals surface area (Å²) >= 11 is 0. The third-order valence-electron chi connectivity index (χ3n) is 5.99. The third kappa shape index (κ3) is 3.72. The standard InChI is InChI=1S/C21H27N3O2S/c1-14-6-5-9-19(15(14)2)24-21(17-12-27(26)13-18(17)23-24)22-20(25)11-10-16-7-3-4-8-16/h5-6,9,16H,3-4,7-8,10-13H2,1-2H3,(H,22,25). The fourth-order valence-corrected chi connectivity index (χ4v) is 5.49. The van der Waals surface area contributed by atoms with Crippen LogP contribution in [0.25, 0.3) is 5.69 Å². The highest BCUT2D eigenvalue weighted by molar-refractivity contribution is 7.83. The van der Waals surface area contributed by atoms with Crippen molar-refractivity contribution in [2.75, 3.05) is 5.32 Å². The van der Waals surface area contributed by atoms with E-state index in [-0.39, 0.29) is 5.91 Å². The summed E-state index contributed by atoms with van der Waals surface area (Å²) in [4.78, 5) is 12.7. The molecule has 0 radical (unpaired) electrons. The minimum absolute atomic E-state index is 0.0360. The third-order valence-corrected chi connectivity index (χ3v) is 7.19. The number of benzene rings is 1. The Bertz CT molecular complexity index is 897. The molecule has 5 nitrogen and oxygen atoms in total. The zero-order valence-corrected chi connectivity index (χ0v) is 16.9. The van der Waals surface area contributed by atoms with Gasteiger partial charge in [0.05, 0.1) is 22.9 Å². The van der Waals surface area contributed by atoms with Gasteiger partial charge in [-0.3, -0.25) is 9.00 Å². The number of carbonyl (C=O) groups is 1. The van der Waals surface area contributed by atoms with Gasteiger partial charge < -0.3 is 5.32 Å². The van der Waals surface area contributed by atoms with Crippen LogP contribution in [0, 0.1) is 19.8 Å². The van der Waals surface area contributed by atoms with E-state index in [4.69, 9.17) is 5.10 Å². The molecular weight excluding hydrogens is 358 g/mol. The van der Waals surface area contributed by atoms with Gasteiger partial charge in [0.25, 0.3) is 0 Å². The number of carbonyl (C=O) groups excluding carboxylic acids is 1. The molecule has 1 aromatic heterocycles. The number of aryl methyl sites for hydroxylation is 1. The van der Waals surface area contributed by atoms with Crippen LogP contribution in [0.3, 0.4) is 0 Å². The van der Waals surface area contributed by atoms with Crippen molar-refractivity contribution in [1.29, 1.82) is 0 Å². The number of hydrogen-bond donors (Lipinski definition) is 1. The van der Waals surface area contributed by atoms with Crippen molar-refractivity contribution in [1.82, 2.24) is 9.78 Å². The van der Waals surface area contributed by atoms with Gasteiger partial charge in [0.2, 0.25) is 5.91 Å². The van der Waals surface area contributed by atoms with Gasteiger partial charge in [-0.05, 0) is 43.4 Å². The summed E-state index contributed by atoms with van der Waals surface area (Å²) in [6, 6.07) is 6.11. The van der Waals surface area contributed by atoms with Crippen LogP contribution in [0.15, 0.2) is 18.2 Å². The average molecular weight is 386 g/mol. The molecule has 1 unspecified atom stereocenters. The van der Waals surface area contributed by atoms with Gasteiger partial charge in [0.1, 0.15) is 5.82 Å². The van der Waals surface area contributed by atoms with Crippen molar-refractivity contribution < 1.29 is 9.00 Å². The average Bonchev–Trinajstić information content (AvgIpc) is 3.34. The van der Waals surface area contributed by atoms with Crippen LogP contribution < -0.4 is 5.32 Å². The first-order valence-electron chi connectivity index (χ1n) is 9.85. The molecule has 1 aliphatic carbocycles. The maximum atomic E-state index is 12.7. The summed E-state index contributed by atoms with van der Waals surface area (Å²) in [6.45, 7) is 4.15. The zero-order valence-electron chi connectivity index (χ0n) is 16.1. The number of amides is 1. The maximum absolute atomic E-state index is 12.7. The van der Waals surface area contributed by atoms with Crippen LogP contribution in [-0.4, -0.2) is 19.9 Å². The topological polar surface area (TPSA) is 64.0 Å². The fraction of sp³-hybridized carbons (Fsp3) is 0.524. The Balaban J connectivity index is 1.61. The molecule has 1 atom stereocenters. The van der Waals surface area contributed by atoms with Crippen LogP contribution in [0.2, 0.25) is 0 Å². The lowest BCUT2D eigenvalue weighted by Crippen LogP contribution is -2.17. The van der Waals surface area contributed by atoms with E-state index in [2.05, 4.69) is 25.2 Å². The highest BCUT2D eigenvalue weighted by atomic mass is 32.2. The second-order valence-corrected chi connectivity index (χ2v) is 9.33. The van der Waals surface area contributed by atoms with Gasteiger partial charge in [0.15, 0.2) is 0 Å². The minimum atomic E-state index is -0.921. The first-order valence-corrected chi connectivity index (χ1v) is 11.3. The molecule has 1 amide bonds. The first-order chi connectivity index (χ1) is 13.0. The Morgan fingerprint density at radius 3 is 2.81 bits per heavy atom. The number of nitrogens with one attached hydrogen (secondary N) is 1. The molecule has 1 aromatic carbocycles. The lowest BCUT2D eigenvalue weighted by Gasteiger charge is -2.15. The Kier molecular flexibility index (Phi) is 5.17. The molecule has 144 valence electrons. The van der Waals surface area contributed by atoms with Gasteiger partial charge in [-0.2, -0.15) is 5.10 Å². The molecule has 1 saturated carbocycles. The summed E-state index contributed by atoms with van der Waals surface area (Å²) in [5.74, 6) is 2.38. The number of hydrogen-bond acceptors (Lipinski definition) is 3. The van der Waals surface area contributed by atoms with Crippen LogP contribution in [0.1, 0.15) is 60.9 Å². The first kappa shape index (κ1) is 18.4. The molecule has 2 heterocycles. The van der Waals surface area contributed by atoms with Gasteiger partial charge in [-0.25, -0.2) is 4.68 Å². The van der Waals surface area contributed by atoms with E-state index >= 15 is 0 Å². The van der Waals surface area contributed by atoms with Crippen molar-refractivity contribution in [2.45, 2.75) is 63.9 Å². The highest BCUT2D eigenvalue weighted by Gasteiger charge is 2.29. The number of aromatic nitrogens is 2. The second kappa shape index (κ2) is 7.58. The number of rotatable bonds is 5. The van der Waals surface area contributed by atoms with Gasteiger partial charge in [-0.15, -0.1) is 0 Å². The van der Waals surface area contributed by atoms with Crippen LogP contribution in [0.5, 0.6) is 0 Å². The summed E-state index contributed by atoms with van der Waals surface area (Å²) in [6.07, 6.45) is 6.60. The van der Waals surface area contributed by atoms with E-state index in [9.17, 15) is 9.00 Å². The molecule has 0 bridgehead atoms. The normalized spacial score (nSPS) is 19.4. The molecule has 6 heteroatoms. The largest absolute Gasteiger partial charge is 0.310 e. The quantitative estimate of drug-likeness (QED) is 0.840. The van der Waals surface area contributed by atoms with E-state index in [1.165, 1.54) is 31.2 Å². The SMILES string of the molecule is Cc1cccc(-n2nc3c(c2NC(=O)CCC2CCCC2)CS(=O)C3)c1C. The van der Waals surface area contributed by atoms with E-state index < -0.39 is 10.8 Å². The van der Waals surface area contributed by atoms with Crippen LogP contribution >= 0.6 is 0 Å². The number of anilines is 1. The van der Waals surface area contributed by atoms with Gasteiger partial charge in [0, 0.05) is 22.8 Å². The van der Waals surface area contributed by atoms with Crippen molar-refractivity contribution >= 4 is 22.5 Å². The molecule has 0 saturated heterocycles. The number of nitrogens with zero attached hydrogens (tertiary/aromatic N) is 2. The van der Waals surface area contributed by atoms with Gasteiger partial charge >= 0.3 is 0 Å². The van der Waals surface area contributed by atoms with Crippen molar-refractivity contribution in [3.8, 4) is 5.69 Å². The summed E-state index contributed by atoms with van der Waals surface area (Å²) < 4.78 is 13.9. The molecule has 2 aliphatic rings. The summed E-state index contributed by atoms with van der Waals surface area (Å²) in [5, 5.41) is 7.82. The lowest BCUT2D eigenvalue weighted by molar-refractivity contribution is -0.116. The monoisotopic (exact) mass is 385 g/mol. The van der Waals surface area contributed by atoms with Crippen LogP contribution in [-0.2, 0) is 27.1 Å². The molecule has 1 N–H and O–H groups in total. The molecule has 4 rings (SSSR count). The smallest absolute Gasteiger partial charge is 0.225 e. The van der Waals surface area contributed by atoms with Crippen molar-refractivity contribution in [2.24, 2.45) is 5.92 Å². The predicted octanol–water partition coefficient (Wildman–Crippen LogP) is 4.16. The zero-order chi connectivity index (χ0) is 19.0. The molecule has 27 heavy (non-hydrogen) atoms. The van der Waals surface area contributed by atoms with Crippen molar-refractivity contribution in [3.63, 3.8) is 0 Å². The summed E-state index contributed by atoms with van der Waals surface area (Å²) in [7, 11) is -0.921. The Morgan fingerprint density at radius 2 is 2.04 bits per heavy atom. The Hall–Kier alpha value is -1.95. The second-order valence-electron chi connectivity index (χ2n) is 7.87. The Labute approximate surface area is 163 Å². The predicted molar refractivity (Wildman–Crippen MR) is 108 cm³/mol.